The van der Waals surface area contributed by atoms with E-state index in [-0.39, 0.29) is 23.5 Å². The Kier molecular flexibility index (Phi) is 5.32. The van der Waals surface area contributed by atoms with E-state index in [4.69, 9.17) is 0 Å². The Labute approximate surface area is 127 Å². The van der Waals surface area contributed by atoms with Crippen molar-refractivity contribution in [2.24, 2.45) is 0 Å². The molecule has 0 bridgehead atoms. The molecule has 1 atom stereocenters. The Bertz CT molecular complexity index is 617. The van der Waals surface area contributed by atoms with Crippen molar-refractivity contribution in [2.75, 3.05) is 5.75 Å². The number of benzene rings is 1. The first-order chi connectivity index (χ1) is 10.1. The van der Waals surface area contributed by atoms with Crippen molar-refractivity contribution in [3.63, 3.8) is 0 Å². The van der Waals surface area contributed by atoms with E-state index < -0.39 is 0 Å². The molecule has 5 nitrogen and oxygen atoms in total. The van der Waals surface area contributed by atoms with Crippen molar-refractivity contribution >= 4 is 17.7 Å². The van der Waals surface area contributed by atoms with Crippen LogP contribution in [0.2, 0.25) is 0 Å². The van der Waals surface area contributed by atoms with E-state index in [0.717, 1.165) is 6.42 Å². The number of nitrogens with zero attached hydrogens (tertiary/aromatic N) is 3. The van der Waals surface area contributed by atoms with Gasteiger partial charge in [0.05, 0.1) is 11.4 Å². The van der Waals surface area contributed by atoms with E-state index in [9.17, 15) is 9.18 Å². The number of thioether (sulfide) groups is 1. The van der Waals surface area contributed by atoms with Gasteiger partial charge in [-0.3, -0.25) is 9.36 Å². The molecule has 0 aliphatic carbocycles. The molecule has 2 rings (SSSR count). The molecule has 2 aromatic rings. The maximum Gasteiger partial charge on any atom is 0.230 e. The van der Waals surface area contributed by atoms with Crippen molar-refractivity contribution in [1.82, 2.24) is 20.1 Å². The monoisotopic (exact) mass is 308 g/mol. The van der Waals surface area contributed by atoms with Crippen LogP contribution in [0, 0.1) is 5.82 Å². The average molecular weight is 308 g/mol. The van der Waals surface area contributed by atoms with Gasteiger partial charge in [0.1, 0.15) is 12.1 Å². The zero-order valence-electron chi connectivity index (χ0n) is 11.9. The van der Waals surface area contributed by atoms with Gasteiger partial charge in [0, 0.05) is 6.04 Å². The lowest BCUT2D eigenvalue weighted by atomic mass is 10.3. The Hall–Kier alpha value is -1.89. The predicted octanol–water partition coefficient (Wildman–Crippen LogP) is 2.41. The molecule has 1 aromatic carbocycles. The van der Waals surface area contributed by atoms with Gasteiger partial charge in [0.2, 0.25) is 5.91 Å². The molecule has 0 aliphatic rings. The summed E-state index contributed by atoms with van der Waals surface area (Å²) in [4.78, 5) is 11.8. The summed E-state index contributed by atoms with van der Waals surface area (Å²) in [7, 11) is 0. The smallest absolute Gasteiger partial charge is 0.230 e. The molecule has 0 radical (unpaired) electrons. The zero-order chi connectivity index (χ0) is 15.2. The second-order valence-corrected chi connectivity index (χ2v) is 5.54. The molecule has 7 heteroatoms. The number of hydrogen-bond donors (Lipinski definition) is 1. The minimum Gasteiger partial charge on any atom is -0.353 e. The van der Waals surface area contributed by atoms with Crippen LogP contribution in [0.15, 0.2) is 35.7 Å². The van der Waals surface area contributed by atoms with Crippen molar-refractivity contribution in [3.8, 4) is 5.69 Å². The fourth-order valence-electron chi connectivity index (χ4n) is 1.68. The van der Waals surface area contributed by atoms with E-state index in [2.05, 4.69) is 15.5 Å². The Morgan fingerprint density at radius 3 is 2.95 bits per heavy atom. The van der Waals surface area contributed by atoms with Gasteiger partial charge in [-0.15, -0.1) is 10.2 Å². The summed E-state index contributed by atoms with van der Waals surface area (Å²) >= 11 is 1.23. The predicted molar refractivity (Wildman–Crippen MR) is 79.9 cm³/mol. The molecular formula is C14H17FN4OS. The molecule has 1 amide bonds. The summed E-state index contributed by atoms with van der Waals surface area (Å²) in [6.45, 7) is 3.96. The highest BCUT2D eigenvalue weighted by Crippen LogP contribution is 2.21. The van der Waals surface area contributed by atoms with Gasteiger partial charge in [0.25, 0.3) is 0 Å². The number of aromatic nitrogens is 3. The molecule has 1 unspecified atom stereocenters. The van der Waals surface area contributed by atoms with E-state index >= 15 is 0 Å². The molecule has 1 aromatic heterocycles. The van der Waals surface area contributed by atoms with Crippen LogP contribution in [-0.4, -0.2) is 32.5 Å². The molecule has 112 valence electrons. The first-order valence-corrected chi connectivity index (χ1v) is 7.67. The normalized spacial score (nSPS) is 12.1. The van der Waals surface area contributed by atoms with Crippen LogP contribution in [0.5, 0.6) is 0 Å². The van der Waals surface area contributed by atoms with Crippen LogP contribution < -0.4 is 5.32 Å². The van der Waals surface area contributed by atoms with Crippen molar-refractivity contribution < 1.29 is 9.18 Å². The van der Waals surface area contributed by atoms with Crippen LogP contribution in [-0.2, 0) is 4.79 Å². The molecule has 21 heavy (non-hydrogen) atoms. The van der Waals surface area contributed by atoms with Gasteiger partial charge in [0.15, 0.2) is 5.16 Å². The zero-order valence-corrected chi connectivity index (χ0v) is 12.7. The van der Waals surface area contributed by atoms with Gasteiger partial charge >= 0.3 is 0 Å². The molecule has 1 N–H and O–H groups in total. The lowest BCUT2D eigenvalue weighted by molar-refractivity contribution is -0.119. The van der Waals surface area contributed by atoms with Crippen molar-refractivity contribution in [3.05, 3.63) is 36.4 Å². The van der Waals surface area contributed by atoms with E-state index in [1.54, 1.807) is 18.2 Å². The fourth-order valence-corrected chi connectivity index (χ4v) is 2.42. The van der Waals surface area contributed by atoms with E-state index in [0.29, 0.717) is 10.8 Å². The largest absolute Gasteiger partial charge is 0.353 e. The summed E-state index contributed by atoms with van der Waals surface area (Å²) in [6, 6.07) is 6.52. The summed E-state index contributed by atoms with van der Waals surface area (Å²) in [5.41, 5.74) is 0.368. The number of nitrogens with one attached hydrogen (secondary N) is 1. The Balaban J connectivity index is 2.05. The first-order valence-electron chi connectivity index (χ1n) is 6.69. The van der Waals surface area contributed by atoms with Crippen LogP contribution in [0.1, 0.15) is 20.3 Å². The molecule has 0 spiro atoms. The number of amides is 1. The maximum atomic E-state index is 13.8. The molecule has 0 saturated heterocycles. The number of halogens is 1. The number of carbonyl (C=O) groups excluding carboxylic acids is 1. The summed E-state index contributed by atoms with van der Waals surface area (Å²) in [5.74, 6) is -0.210. The summed E-state index contributed by atoms with van der Waals surface area (Å²) in [5, 5.41) is 11.1. The third-order valence-electron chi connectivity index (χ3n) is 2.98. The molecular weight excluding hydrogens is 291 g/mol. The molecule has 1 heterocycles. The lowest BCUT2D eigenvalue weighted by Gasteiger charge is -2.11. The quantitative estimate of drug-likeness (QED) is 0.833. The number of carbonyl (C=O) groups is 1. The first kappa shape index (κ1) is 15.5. The second-order valence-electron chi connectivity index (χ2n) is 4.60. The Morgan fingerprint density at radius 2 is 2.24 bits per heavy atom. The third-order valence-corrected chi connectivity index (χ3v) is 3.92. The van der Waals surface area contributed by atoms with Crippen LogP contribution in [0.3, 0.4) is 0 Å². The summed E-state index contributed by atoms with van der Waals surface area (Å²) < 4.78 is 15.3. The second kappa shape index (κ2) is 7.21. The van der Waals surface area contributed by atoms with E-state index in [1.807, 2.05) is 13.8 Å². The minimum absolute atomic E-state index is 0.0718. The van der Waals surface area contributed by atoms with Gasteiger partial charge in [-0.25, -0.2) is 4.39 Å². The van der Waals surface area contributed by atoms with Gasteiger partial charge < -0.3 is 5.32 Å². The highest BCUT2D eigenvalue weighted by Gasteiger charge is 2.13. The highest BCUT2D eigenvalue weighted by molar-refractivity contribution is 7.99. The third kappa shape index (κ3) is 4.04. The van der Waals surface area contributed by atoms with Crippen molar-refractivity contribution in [1.29, 1.82) is 0 Å². The van der Waals surface area contributed by atoms with Crippen LogP contribution in [0.25, 0.3) is 5.69 Å². The number of hydrogen-bond acceptors (Lipinski definition) is 4. The SMILES string of the molecule is CCC(C)NC(=O)CSc1nncn1-c1ccccc1F. The fraction of sp³-hybridized carbons (Fsp3) is 0.357. The van der Waals surface area contributed by atoms with Crippen molar-refractivity contribution in [2.45, 2.75) is 31.5 Å². The van der Waals surface area contributed by atoms with Gasteiger partial charge in [-0.1, -0.05) is 30.8 Å². The topological polar surface area (TPSA) is 59.8 Å². The molecule has 0 saturated carbocycles. The van der Waals surface area contributed by atoms with Gasteiger partial charge in [-0.2, -0.15) is 0 Å². The maximum absolute atomic E-state index is 13.8. The minimum atomic E-state index is -0.358. The molecule has 0 fully saturated rings. The highest BCUT2D eigenvalue weighted by atomic mass is 32.2. The van der Waals surface area contributed by atoms with E-state index in [1.165, 1.54) is 28.7 Å². The summed E-state index contributed by atoms with van der Waals surface area (Å²) in [6.07, 6.45) is 2.31. The molecule has 0 aliphatic heterocycles. The standard InChI is InChI=1S/C14H17FN4OS/c1-3-10(2)17-13(20)8-21-14-18-16-9-19(14)12-7-5-4-6-11(12)15/h4-7,9-10H,3,8H2,1-2H3,(H,17,20). The number of rotatable bonds is 6. The number of para-hydroxylation sites is 1. The van der Waals surface area contributed by atoms with Gasteiger partial charge in [-0.05, 0) is 25.5 Å². The lowest BCUT2D eigenvalue weighted by Crippen LogP contribution is -2.33. The average Bonchev–Trinajstić information content (AvgIpc) is 2.93. The van der Waals surface area contributed by atoms with Crippen LogP contribution >= 0.6 is 11.8 Å². The van der Waals surface area contributed by atoms with Crippen LogP contribution in [0.4, 0.5) is 4.39 Å². The Morgan fingerprint density at radius 1 is 1.48 bits per heavy atom.